The molecular weight excluding hydrogens is 360 g/mol. The molecule has 2 rings (SSSR count). The number of hydrogen-bond donors (Lipinski definition) is 0. The van der Waals surface area contributed by atoms with E-state index in [1.807, 2.05) is 44.2 Å². The summed E-state index contributed by atoms with van der Waals surface area (Å²) >= 11 is 0. The average molecular weight is 389 g/mol. The van der Waals surface area contributed by atoms with Crippen LogP contribution in [0.15, 0.2) is 59.5 Å². The molecule has 6 heteroatoms. The van der Waals surface area contributed by atoms with Crippen LogP contribution in [0.5, 0.6) is 0 Å². The Morgan fingerprint density at radius 1 is 0.926 bits per heavy atom. The van der Waals surface area contributed by atoms with Crippen LogP contribution < -0.4 is 0 Å². The van der Waals surface area contributed by atoms with E-state index >= 15 is 0 Å². The smallest absolute Gasteiger partial charge is 0.253 e. The van der Waals surface area contributed by atoms with Crippen molar-refractivity contribution >= 4 is 15.9 Å². The van der Waals surface area contributed by atoms with Crippen molar-refractivity contribution in [3.8, 4) is 0 Å². The van der Waals surface area contributed by atoms with Crippen LogP contribution in [0, 0.1) is 0 Å². The highest BCUT2D eigenvalue weighted by Gasteiger charge is 2.23. The molecule has 0 bridgehead atoms. The lowest BCUT2D eigenvalue weighted by atomic mass is 10.2. The lowest BCUT2D eigenvalue weighted by Gasteiger charge is -2.22. The summed E-state index contributed by atoms with van der Waals surface area (Å²) in [5, 5.41) is 0. The Morgan fingerprint density at radius 3 is 2.15 bits per heavy atom. The maximum atomic E-state index is 12.9. The predicted molar refractivity (Wildman–Crippen MR) is 108 cm³/mol. The molecule has 146 valence electrons. The summed E-state index contributed by atoms with van der Waals surface area (Å²) in [7, 11) is -2.13. The topological polar surface area (TPSA) is 57.7 Å². The summed E-state index contributed by atoms with van der Waals surface area (Å²) < 4.78 is 27.2. The van der Waals surface area contributed by atoms with E-state index in [0.717, 1.165) is 18.4 Å². The molecule has 0 saturated heterocycles. The fourth-order valence-electron chi connectivity index (χ4n) is 2.93. The van der Waals surface area contributed by atoms with Crippen LogP contribution in [0.2, 0.25) is 0 Å². The van der Waals surface area contributed by atoms with Gasteiger partial charge < -0.3 is 4.90 Å². The van der Waals surface area contributed by atoms with Crippen LogP contribution in [0.1, 0.15) is 42.6 Å². The molecule has 0 N–H and O–H groups in total. The lowest BCUT2D eigenvalue weighted by molar-refractivity contribution is 0.0755. The zero-order chi connectivity index (χ0) is 19.9. The van der Waals surface area contributed by atoms with Gasteiger partial charge in [-0.2, -0.15) is 4.31 Å². The van der Waals surface area contributed by atoms with Gasteiger partial charge in [-0.15, -0.1) is 0 Å². The highest BCUT2D eigenvalue weighted by Crippen LogP contribution is 2.19. The Balaban J connectivity index is 2.25. The van der Waals surface area contributed by atoms with Gasteiger partial charge in [-0.1, -0.05) is 50.2 Å². The van der Waals surface area contributed by atoms with Gasteiger partial charge in [0.25, 0.3) is 5.91 Å². The molecule has 0 unspecified atom stereocenters. The number of amides is 1. The van der Waals surface area contributed by atoms with Crippen LogP contribution in [0.25, 0.3) is 0 Å². The van der Waals surface area contributed by atoms with Crippen molar-refractivity contribution in [1.82, 2.24) is 9.21 Å². The minimum Gasteiger partial charge on any atom is -0.339 e. The Labute approximate surface area is 162 Å². The Hall–Kier alpha value is -2.18. The Kier molecular flexibility index (Phi) is 7.56. The van der Waals surface area contributed by atoms with Gasteiger partial charge in [-0.25, -0.2) is 8.42 Å². The molecule has 0 atom stereocenters. The summed E-state index contributed by atoms with van der Waals surface area (Å²) in [4.78, 5) is 14.7. The minimum atomic E-state index is -3.68. The highest BCUT2D eigenvalue weighted by atomic mass is 32.2. The molecule has 27 heavy (non-hydrogen) atoms. The van der Waals surface area contributed by atoms with Gasteiger partial charge in [0.15, 0.2) is 0 Å². The molecule has 0 spiro atoms. The largest absolute Gasteiger partial charge is 0.339 e. The number of rotatable bonds is 9. The first kappa shape index (κ1) is 21.1. The second kappa shape index (κ2) is 9.67. The Bertz CT molecular complexity index is 845. The monoisotopic (exact) mass is 388 g/mol. The van der Waals surface area contributed by atoms with Crippen LogP contribution in [0.3, 0.4) is 0 Å². The standard InChI is InChI=1S/C21H28N2O3S/c1-4-14-23(15-5-2)21(24)19-12-9-13-20(16-19)27(25,26)22(3)17-18-10-7-6-8-11-18/h6-13,16H,4-5,14-15,17H2,1-3H3. The number of sulfonamides is 1. The first-order valence-electron chi connectivity index (χ1n) is 9.29. The molecule has 1 amide bonds. The van der Waals surface area contributed by atoms with Crippen LogP contribution in [0.4, 0.5) is 0 Å². The SMILES string of the molecule is CCCN(CCC)C(=O)c1cccc(S(=O)(=O)N(C)Cc2ccccc2)c1. The zero-order valence-electron chi connectivity index (χ0n) is 16.3. The predicted octanol–water partition coefficient (Wildman–Crippen LogP) is 3.77. The summed E-state index contributed by atoms with van der Waals surface area (Å²) in [5.74, 6) is -0.124. The third-order valence-electron chi connectivity index (χ3n) is 4.31. The second-order valence-corrected chi connectivity index (χ2v) is 8.61. The molecule has 0 aliphatic rings. The first-order chi connectivity index (χ1) is 12.9. The van der Waals surface area contributed by atoms with Crippen molar-refractivity contribution in [3.05, 3.63) is 65.7 Å². The third kappa shape index (κ3) is 5.40. The van der Waals surface area contributed by atoms with Crippen molar-refractivity contribution in [2.24, 2.45) is 0 Å². The molecule has 2 aromatic rings. The van der Waals surface area contributed by atoms with E-state index in [1.165, 1.54) is 16.4 Å². The van der Waals surface area contributed by atoms with Crippen molar-refractivity contribution in [2.75, 3.05) is 20.1 Å². The number of nitrogens with zero attached hydrogens (tertiary/aromatic N) is 2. The van der Waals surface area contributed by atoms with Crippen LogP contribution in [-0.2, 0) is 16.6 Å². The second-order valence-electron chi connectivity index (χ2n) is 6.57. The van der Waals surface area contributed by atoms with Gasteiger partial charge in [-0.3, -0.25) is 4.79 Å². The van der Waals surface area contributed by atoms with E-state index in [2.05, 4.69) is 0 Å². The van der Waals surface area contributed by atoms with Crippen molar-refractivity contribution in [3.63, 3.8) is 0 Å². The molecule has 0 aromatic heterocycles. The number of carbonyl (C=O) groups is 1. The van der Waals surface area contributed by atoms with E-state index in [9.17, 15) is 13.2 Å². The fraction of sp³-hybridized carbons (Fsp3) is 0.381. The maximum Gasteiger partial charge on any atom is 0.253 e. The molecule has 5 nitrogen and oxygen atoms in total. The number of carbonyl (C=O) groups excluding carboxylic acids is 1. The van der Waals surface area contributed by atoms with Gasteiger partial charge in [0, 0.05) is 32.2 Å². The molecule has 0 radical (unpaired) electrons. The van der Waals surface area contributed by atoms with Gasteiger partial charge >= 0.3 is 0 Å². The normalized spacial score (nSPS) is 11.6. The average Bonchev–Trinajstić information content (AvgIpc) is 2.68. The van der Waals surface area contributed by atoms with Crippen molar-refractivity contribution < 1.29 is 13.2 Å². The zero-order valence-corrected chi connectivity index (χ0v) is 17.1. The molecule has 2 aromatic carbocycles. The molecular formula is C21H28N2O3S. The minimum absolute atomic E-state index is 0.124. The number of benzene rings is 2. The first-order valence-corrected chi connectivity index (χ1v) is 10.7. The van der Waals surface area contributed by atoms with Crippen LogP contribution >= 0.6 is 0 Å². The van der Waals surface area contributed by atoms with E-state index in [1.54, 1.807) is 24.1 Å². The highest BCUT2D eigenvalue weighted by molar-refractivity contribution is 7.89. The maximum absolute atomic E-state index is 12.9. The molecule has 0 aliphatic heterocycles. The van der Waals surface area contributed by atoms with Crippen molar-refractivity contribution in [1.29, 1.82) is 0 Å². The summed E-state index contributed by atoms with van der Waals surface area (Å²) in [6, 6.07) is 15.8. The summed E-state index contributed by atoms with van der Waals surface area (Å²) in [6.07, 6.45) is 1.73. The molecule has 0 heterocycles. The van der Waals surface area contributed by atoms with Gasteiger partial charge in [-0.05, 0) is 36.6 Å². The van der Waals surface area contributed by atoms with Crippen molar-refractivity contribution in [2.45, 2.75) is 38.1 Å². The van der Waals surface area contributed by atoms with E-state index < -0.39 is 10.0 Å². The summed E-state index contributed by atoms with van der Waals surface area (Å²) in [5.41, 5.74) is 1.32. The lowest BCUT2D eigenvalue weighted by Crippen LogP contribution is -2.33. The summed E-state index contributed by atoms with van der Waals surface area (Å²) in [6.45, 7) is 5.65. The van der Waals surface area contributed by atoms with E-state index in [-0.39, 0.29) is 17.3 Å². The van der Waals surface area contributed by atoms with E-state index in [0.29, 0.717) is 18.7 Å². The fourth-order valence-corrected chi connectivity index (χ4v) is 4.14. The molecule has 0 saturated carbocycles. The quantitative estimate of drug-likeness (QED) is 0.657. The van der Waals surface area contributed by atoms with Gasteiger partial charge in [0.05, 0.1) is 4.90 Å². The molecule has 0 aliphatic carbocycles. The van der Waals surface area contributed by atoms with Crippen LogP contribution in [-0.4, -0.2) is 43.7 Å². The third-order valence-corrected chi connectivity index (χ3v) is 6.11. The number of hydrogen-bond acceptors (Lipinski definition) is 3. The molecule has 0 fully saturated rings. The van der Waals surface area contributed by atoms with E-state index in [4.69, 9.17) is 0 Å². The van der Waals surface area contributed by atoms with Gasteiger partial charge in [0.2, 0.25) is 10.0 Å². The van der Waals surface area contributed by atoms with Gasteiger partial charge in [0.1, 0.15) is 0 Å². The Morgan fingerprint density at radius 2 is 1.56 bits per heavy atom.